The Morgan fingerprint density at radius 2 is 2.29 bits per heavy atom. The first-order valence-corrected chi connectivity index (χ1v) is 5.58. The molecular weight excluding hydrogens is 225 g/mol. The minimum absolute atomic E-state index is 0.00830. The van der Waals surface area contributed by atoms with Crippen LogP contribution in [0.1, 0.15) is 19.0 Å². The van der Waals surface area contributed by atoms with Crippen LogP contribution in [0.3, 0.4) is 0 Å². The maximum absolute atomic E-state index is 13.8. The predicted molar refractivity (Wildman–Crippen MR) is 62.4 cm³/mol. The van der Waals surface area contributed by atoms with Crippen LogP contribution in [0, 0.1) is 5.82 Å². The Balaban J connectivity index is 2.77. The number of aryl methyl sites for hydroxylation is 1. The molecule has 0 bridgehead atoms. The van der Waals surface area contributed by atoms with Gasteiger partial charge >= 0.3 is 0 Å². The second-order valence-corrected chi connectivity index (χ2v) is 3.65. The molecule has 0 fully saturated rings. The fourth-order valence-corrected chi connectivity index (χ4v) is 1.50. The van der Waals surface area contributed by atoms with Crippen molar-refractivity contribution in [3.05, 3.63) is 17.8 Å². The Hall–Kier alpha value is -1.27. The largest absolute Gasteiger partial charge is 0.396 e. The SMILES string of the molecule is CCc1ncnc(NC(CCO)COC)c1F. The summed E-state index contributed by atoms with van der Waals surface area (Å²) in [5.41, 5.74) is 0.377. The number of rotatable bonds is 7. The third kappa shape index (κ3) is 3.90. The monoisotopic (exact) mass is 243 g/mol. The van der Waals surface area contributed by atoms with Gasteiger partial charge in [-0.2, -0.15) is 0 Å². The van der Waals surface area contributed by atoms with Gasteiger partial charge in [0.15, 0.2) is 11.6 Å². The zero-order valence-electron chi connectivity index (χ0n) is 10.1. The number of ether oxygens (including phenoxy) is 1. The normalized spacial score (nSPS) is 12.5. The maximum Gasteiger partial charge on any atom is 0.186 e. The third-order valence-electron chi connectivity index (χ3n) is 2.38. The van der Waals surface area contributed by atoms with Crippen molar-refractivity contribution in [3.8, 4) is 0 Å². The predicted octanol–water partition coefficient (Wildman–Crippen LogP) is 0.987. The highest BCUT2D eigenvalue weighted by molar-refractivity contribution is 5.38. The highest BCUT2D eigenvalue weighted by Gasteiger charge is 2.14. The lowest BCUT2D eigenvalue weighted by Crippen LogP contribution is -2.27. The van der Waals surface area contributed by atoms with Crippen molar-refractivity contribution in [2.24, 2.45) is 0 Å². The van der Waals surface area contributed by atoms with E-state index in [1.807, 2.05) is 6.92 Å². The molecule has 5 nitrogen and oxygen atoms in total. The lowest BCUT2D eigenvalue weighted by Gasteiger charge is -2.18. The van der Waals surface area contributed by atoms with Gasteiger partial charge in [0.2, 0.25) is 0 Å². The highest BCUT2D eigenvalue weighted by atomic mass is 19.1. The molecule has 0 aliphatic carbocycles. The molecule has 0 aliphatic rings. The van der Waals surface area contributed by atoms with E-state index in [0.717, 1.165) is 0 Å². The summed E-state index contributed by atoms with van der Waals surface area (Å²) in [7, 11) is 1.56. The lowest BCUT2D eigenvalue weighted by atomic mass is 10.2. The molecule has 0 aromatic carbocycles. The topological polar surface area (TPSA) is 67.3 Å². The molecule has 0 spiro atoms. The molecule has 0 amide bonds. The average molecular weight is 243 g/mol. The lowest BCUT2D eigenvalue weighted by molar-refractivity contribution is 0.170. The van der Waals surface area contributed by atoms with Gasteiger partial charge in [-0.1, -0.05) is 6.92 Å². The summed E-state index contributed by atoms with van der Waals surface area (Å²) in [5.74, 6) is -0.276. The molecule has 1 aromatic heterocycles. The first kappa shape index (κ1) is 13.8. The third-order valence-corrected chi connectivity index (χ3v) is 2.38. The highest BCUT2D eigenvalue weighted by Crippen LogP contribution is 2.15. The van der Waals surface area contributed by atoms with Crippen LogP contribution >= 0.6 is 0 Å². The summed E-state index contributed by atoms with van der Waals surface area (Å²) in [6.07, 6.45) is 2.31. The van der Waals surface area contributed by atoms with Crippen molar-refractivity contribution in [1.29, 1.82) is 0 Å². The molecule has 0 saturated heterocycles. The van der Waals surface area contributed by atoms with Gasteiger partial charge in [-0.25, -0.2) is 14.4 Å². The molecule has 1 aromatic rings. The first-order chi connectivity index (χ1) is 8.22. The van der Waals surface area contributed by atoms with E-state index in [4.69, 9.17) is 9.84 Å². The Bertz CT molecular complexity index is 343. The van der Waals surface area contributed by atoms with Crippen LogP contribution in [-0.2, 0) is 11.2 Å². The molecule has 0 saturated carbocycles. The van der Waals surface area contributed by atoms with Gasteiger partial charge in [0.25, 0.3) is 0 Å². The van der Waals surface area contributed by atoms with Crippen LogP contribution in [0.15, 0.2) is 6.33 Å². The molecule has 0 radical (unpaired) electrons. The smallest absolute Gasteiger partial charge is 0.186 e. The number of aromatic nitrogens is 2. The molecular formula is C11H18FN3O2. The van der Waals surface area contributed by atoms with Gasteiger partial charge < -0.3 is 15.2 Å². The van der Waals surface area contributed by atoms with Crippen LogP contribution in [0.25, 0.3) is 0 Å². The van der Waals surface area contributed by atoms with Gasteiger partial charge in [0, 0.05) is 13.7 Å². The summed E-state index contributed by atoms with van der Waals surface area (Å²) in [5, 5.41) is 11.8. The van der Waals surface area contributed by atoms with Gasteiger partial charge in [-0.15, -0.1) is 0 Å². The van der Waals surface area contributed by atoms with Gasteiger partial charge in [-0.3, -0.25) is 0 Å². The number of nitrogens with zero attached hydrogens (tertiary/aromatic N) is 2. The number of hydrogen-bond donors (Lipinski definition) is 2. The fourth-order valence-electron chi connectivity index (χ4n) is 1.50. The van der Waals surface area contributed by atoms with Crippen LogP contribution in [0.4, 0.5) is 10.2 Å². The number of halogens is 1. The summed E-state index contributed by atoms with van der Waals surface area (Å²) >= 11 is 0. The quantitative estimate of drug-likeness (QED) is 0.747. The van der Waals surface area contributed by atoms with Crippen LogP contribution in [-0.4, -0.2) is 41.4 Å². The zero-order valence-corrected chi connectivity index (χ0v) is 10.1. The van der Waals surface area contributed by atoms with E-state index in [2.05, 4.69) is 15.3 Å². The molecule has 96 valence electrons. The van der Waals surface area contributed by atoms with Gasteiger partial charge in [0.05, 0.1) is 18.3 Å². The molecule has 1 rings (SSSR count). The number of aliphatic hydroxyl groups excluding tert-OH is 1. The molecule has 1 heterocycles. The molecule has 17 heavy (non-hydrogen) atoms. The van der Waals surface area contributed by atoms with Crippen molar-refractivity contribution in [1.82, 2.24) is 9.97 Å². The second-order valence-electron chi connectivity index (χ2n) is 3.65. The van der Waals surface area contributed by atoms with E-state index in [1.165, 1.54) is 6.33 Å². The number of nitrogens with one attached hydrogen (secondary N) is 1. The summed E-state index contributed by atoms with van der Waals surface area (Å²) < 4.78 is 18.8. The van der Waals surface area contributed by atoms with E-state index >= 15 is 0 Å². The summed E-state index contributed by atoms with van der Waals surface area (Å²) in [4.78, 5) is 7.71. The van der Waals surface area contributed by atoms with Crippen molar-refractivity contribution in [2.45, 2.75) is 25.8 Å². The molecule has 6 heteroatoms. The number of methoxy groups -OCH3 is 1. The maximum atomic E-state index is 13.8. The molecule has 1 atom stereocenters. The number of anilines is 1. The van der Waals surface area contributed by atoms with Crippen LogP contribution < -0.4 is 5.32 Å². The van der Waals surface area contributed by atoms with E-state index in [9.17, 15) is 4.39 Å². The van der Waals surface area contributed by atoms with Crippen molar-refractivity contribution >= 4 is 5.82 Å². The number of aliphatic hydroxyl groups is 1. The minimum atomic E-state index is -0.436. The zero-order chi connectivity index (χ0) is 12.7. The fraction of sp³-hybridized carbons (Fsp3) is 0.636. The van der Waals surface area contributed by atoms with Gasteiger partial charge in [0.1, 0.15) is 6.33 Å². The second kappa shape index (κ2) is 7.13. The van der Waals surface area contributed by atoms with E-state index in [-0.39, 0.29) is 18.5 Å². The van der Waals surface area contributed by atoms with Crippen molar-refractivity contribution in [3.63, 3.8) is 0 Å². The van der Waals surface area contributed by atoms with Crippen molar-refractivity contribution < 1.29 is 14.2 Å². The van der Waals surface area contributed by atoms with E-state index < -0.39 is 5.82 Å². The molecule has 1 unspecified atom stereocenters. The molecule has 2 N–H and O–H groups in total. The Kier molecular flexibility index (Phi) is 5.79. The van der Waals surface area contributed by atoms with E-state index in [0.29, 0.717) is 25.1 Å². The summed E-state index contributed by atoms with van der Waals surface area (Å²) in [6.45, 7) is 2.22. The van der Waals surface area contributed by atoms with E-state index in [1.54, 1.807) is 7.11 Å². The first-order valence-electron chi connectivity index (χ1n) is 5.58. The van der Waals surface area contributed by atoms with Crippen LogP contribution in [0.2, 0.25) is 0 Å². The Morgan fingerprint density at radius 3 is 2.88 bits per heavy atom. The Labute approximate surface area is 100 Å². The minimum Gasteiger partial charge on any atom is -0.396 e. The molecule has 0 aliphatic heterocycles. The summed E-state index contributed by atoms with van der Waals surface area (Å²) in [6, 6.07) is -0.167. The number of hydrogen-bond acceptors (Lipinski definition) is 5. The standard InChI is InChI=1S/C11H18FN3O2/c1-3-9-10(12)11(14-7-13-9)15-8(4-5-16)6-17-2/h7-8,16H,3-6H2,1-2H3,(H,13,14,15). The average Bonchev–Trinajstić information content (AvgIpc) is 2.32. The Morgan fingerprint density at radius 1 is 1.53 bits per heavy atom. The van der Waals surface area contributed by atoms with Crippen LogP contribution in [0.5, 0.6) is 0 Å². The van der Waals surface area contributed by atoms with Gasteiger partial charge in [-0.05, 0) is 12.8 Å². The van der Waals surface area contributed by atoms with Crippen molar-refractivity contribution in [2.75, 3.05) is 25.6 Å².